The molecule has 0 bridgehead atoms. The van der Waals surface area contributed by atoms with Gasteiger partial charge in [-0.05, 0) is 6.08 Å². The van der Waals surface area contributed by atoms with E-state index in [1.165, 1.54) is 0 Å². The molecule has 0 amide bonds. The maximum absolute atomic E-state index is 11.2. The Morgan fingerprint density at radius 2 is 1.80 bits per heavy atom. The maximum Gasteiger partial charge on any atom is 0.336 e. The molecule has 1 heterocycles. The number of nitrogens with zero attached hydrogens (tertiary/aromatic N) is 1. The summed E-state index contributed by atoms with van der Waals surface area (Å²) in [6, 6.07) is 0. The van der Waals surface area contributed by atoms with Crippen LogP contribution in [0.5, 0.6) is 0 Å². The van der Waals surface area contributed by atoms with Crippen molar-refractivity contribution in [3.05, 3.63) is 44.1 Å². The summed E-state index contributed by atoms with van der Waals surface area (Å²) in [5.74, 6) is 0. The van der Waals surface area contributed by atoms with Crippen LogP contribution in [0.3, 0.4) is 0 Å². The largest absolute Gasteiger partial charge is 0.391 e. The minimum Gasteiger partial charge on any atom is -0.391 e. The van der Waals surface area contributed by atoms with Gasteiger partial charge in [-0.3, -0.25) is 9.97 Å². The Morgan fingerprint density at radius 3 is 2.13 bits per heavy atom. The second kappa shape index (κ2) is 3.67. The smallest absolute Gasteiger partial charge is 0.336 e. The van der Waals surface area contributed by atoms with Crippen molar-refractivity contribution in [2.75, 3.05) is 6.61 Å². The summed E-state index contributed by atoms with van der Waals surface area (Å²) >= 11 is 0. The van der Waals surface area contributed by atoms with Crippen LogP contribution < -0.4 is 17.1 Å². The van der Waals surface area contributed by atoms with Crippen LogP contribution in [0.4, 0.5) is 0 Å². The van der Waals surface area contributed by atoms with Crippen molar-refractivity contribution in [3.63, 3.8) is 0 Å². The second-order valence-electron chi connectivity index (χ2n) is 2.77. The third-order valence-corrected chi connectivity index (χ3v) is 1.79. The highest BCUT2D eigenvalue weighted by Crippen LogP contribution is 2.06. The van der Waals surface area contributed by atoms with E-state index in [1.54, 1.807) is 9.97 Å². The topological polar surface area (TPSA) is 128 Å². The number of aliphatic hydroxyl groups is 2. The van der Waals surface area contributed by atoms with Gasteiger partial charge in [0.15, 0.2) is 5.72 Å². The van der Waals surface area contributed by atoms with Crippen molar-refractivity contribution in [1.82, 2.24) is 14.5 Å². The lowest BCUT2D eigenvalue weighted by Crippen LogP contribution is -2.54. The average Bonchev–Trinajstić information content (AvgIpc) is 2.15. The highest BCUT2D eigenvalue weighted by molar-refractivity contribution is 4.93. The lowest BCUT2D eigenvalue weighted by molar-refractivity contribution is -0.0449. The van der Waals surface area contributed by atoms with Gasteiger partial charge in [0.25, 0.3) is 0 Å². The van der Waals surface area contributed by atoms with Crippen LogP contribution in [0.1, 0.15) is 0 Å². The van der Waals surface area contributed by atoms with E-state index in [0.717, 1.165) is 6.08 Å². The van der Waals surface area contributed by atoms with Crippen LogP contribution in [0, 0.1) is 0 Å². The van der Waals surface area contributed by atoms with Crippen LogP contribution >= 0.6 is 0 Å². The number of H-pyrrole nitrogens is 2. The highest BCUT2D eigenvalue weighted by Gasteiger charge is 2.28. The number of nitrogens with one attached hydrogen (secondary N) is 2. The zero-order valence-corrected chi connectivity index (χ0v) is 7.56. The molecule has 1 unspecified atom stereocenters. The number of aromatic amines is 2. The summed E-state index contributed by atoms with van der Waals surface area (Å²) < 4.78 is 0.251. The molecule has 1 rings (SSSR count). The molecule has 15 heavy (non-hydrogen) atoms. The van der Waals surface area contributed by atoms with E-state index >= 15 is 0 Å². The first-order valence-corrected chi connectivity index (χ1v) is 3.87. The summed E-state index contributed by atoms with van der Waals surface area (Å²) in [5.41, 5.74) is -5.51. The molecule has 0 saturated heterocycles. The summed E-state index contributed by atoms with van der Waals surface area (Å²) in [4.78, 5) is 36.5. The van der Waals surface area contributed by atoms with Crippen molar-refractivity contribution in [2.45, 2.75) is 5.72 Å². The van der Waals surface area contributed by atoms with Crippen molar-refractivity contribution >= 4 is 0 Å². The molecule has 82 valence electrons. The van der Waals surface area contributed by atoms with Crippen LogP contribution in [0.15, 0.2) is 27.0 Å². The first-order chi connectivity index (χ1) is 6.94. The maximum atomic E-state index is 11.2. The predicted octanol–water partition coefficient (Wildman–Crippen LogP) is -2.95. The van der Waals surface area contributed by atoms with E-state index < -0.39 is 29.4 Å². The lowest BCUT2D eigenvalue weighted by Gasteiger charge is -2.21. The highest BCUT2D eigenvalue weighted by atomic mass is 16.4. The minimum atomic E-state index is -2.24. The van der Waals surface area contributed by atoms with Gasteiger partial charge < -0.3 is 10.2 Å². The third kappa shape index (κ3) is 1.80. The Labute approximate surface area is 82.1 Å². The molecule has 0 aromatic carbocycles. The second-order valence-corrected chi connectivity index (χ2v) is 2.77. The van der Waals surface area contributed by atoms with Crippen LogP contribution in [-0.2, 0) is 5.72 Å². The van der Waals surface area contributed by atoms with Gasteiger partial charge in [0, 0.05) is 0 Å². The molecule has 4 N–H and O–H groups in total. The average molecular weight is 215 g/mol. The molecule has 8 heteroatoms. The molecular formula is C7H9N3O5. The molecular weight excluding hydrogens is 206 g/mol. The molecule has 8 nitrogen and oxygen atoms in total. The Kier molecular flexibility index (Phi) is 2.73. The zero-order valence-electron chi connectivity index (χ0n) is 7.56. The molecule has 0 radical (unpaired) electrons. The molecule has 0 aliphatic rings. The van der Waals surface area contributed by atoms with Gasteiger partial charge in [0.1, 0.15) is 0 Å². The van der Waals surface area contributed by atoms with E-state index in [1.807, 2.05) is 0 Å². The van der Waals surface area contributed by atoms with Gasteiger partial charge in [-0.2, -0.15) is 0 Å². The Hall–Kier alpha value is -1.93. The standard InChI is InChI=1S/C7H9N3O5/c1-2-7(15,3-11)10-5(13)8-4(12)9-6(10)14/h2,11,15H,1,3H2,(H2,8,9,12,13,14). The SMILES string of the molecule is C=CC(O)(CO)n1c(=O)[nH]c(=O)[nH]c1=O. The first-order valence-electron chi connectivity index (χ1n) is 3.87. The fourth-order valence-electron chi connectivity index (χ4n) is 1.01. The van der Waals surface area contributed by atoms with Gasteiger partial charge in [-0.1, -0.05) is 6.58 Å². The van der Waals surface area contributed by atoms with Crippen LogP contribution in [0.25, 0.3) is 0 Å². The van der Waals surface area contributed by atoms with Gasteiger partial charge in [-0.25, -0.2) is 19.0 Å². The molecule has 0 saturated carbocycles. The van der Waals surface area contributed by atoms with Crippen LogP contribution in [-0.4, -0.2) is 31.4 Å². The van der Waals surface area contributed by atoms with Gasteiger partial charge in [0.2, 0.25) is 0 Å². The van der Waals surface area contributed by atoms with E-state index in [9.17, 15) is 19.5 Å². The monoisotopic (exact) mass is 215 g/mol. The molecule has 0 aliphatic carbocycles. The number of hydrogen-bond acceptors (Lipinski definition) is 5. The Morgan fingerprint density at radius 1 is 1.33 bits per heavy atom. The summed E-state index contributed by atoms with van der Waals surface area (Å²) in [6.45, 7) is 2.25. The number of hydrogen-bond donors (Lipinski definition) is 4. The molecule has 1 atom stereocenters. The summed E-state index contributed by atoms with van der Waals surface area (Å²) in [5, 5.41) is 18.4. The summed E-state index contributed by atoms with van der Waals surface area (Å²) in [6.07, 6.45) is 0.807. The molecule has 0 fully saturated rings. The van der Waals surface area contributed by atoms with E-state index in [-0.39, 0.29) is 4.57 Å². The first kappa shape index (κ1) is 11.1. The number of aromatic nitrogens is 3. The fraction of sp³-hybridized carbons (Fsp3) is 0.286. The molecule has 1 aromatic heterocycles. The van der Waals surface area contributed by atoms with E-state index in [4.69, 9.17) is 5.11 Å². The minimum absolute atomic E-state index is 0.251. The number of rotatable bonds is 3. The zero-order chi connectivity index (χ0) is 11.6. The summed E-state index contributed by atoms with van der Waals surface area (Å²) in [7, 11) is 0. The fourth-order valence-corrected chi connectivity index (χ4v) is 1.01. The van der Waals surface area contributed by atoms with E-state index in [0.29, 0.717) is 0 Å². The number of aliphatic hydroxyl groups excluding tert-OH is 1. The molecule has 0 spiro atoms. The Balaban J connectivity index is 3.65. The van der Waals surface area contributed by atoms with Gasteiger partial charge in [0.05, 0.1) is 6.61 Å². The van der Waals surface area contributed by atoms with Crippen LogP contribution in [0.2, 0.25) is 0 Å². The van der Waals surface area contributed by atoms with Gasteiger partial charge >= 0.3 is 17.1 Å². The predicted molar refractivity (Wildman–Crippen MR) is 49.4 cm³/mol. The molecule has 0 aliphatic heterocycles. The van der Waals surface area contributed by atoms with Crippen molar-refractivity contribution in [3.8, 4) is 0 Å². The van der Waals surface area contributed by atoms with Crippen molar-refractivity contribution in [2.24, 2.45) is 0 Å². The molecule has 1 aromatic rings. The van der Waals surface area contributed by atoms with Crippen molar-refractivity contribution in [1.29, 1.82) is 0 Å². The third-order valence-electron chi connectivity index (χ3n) is 1.79. The Bertz CT molecular complexity index is 504. The quantitative estimate of drug-likeness (QED) is 0.401. The van der Waals surface area contributed by atoms with E-state index in [2.05, 4.69) is 6.58 Å². The van der Waals surface area contributed by atoms with Gasteiger partial charge in [-0.15, -0.1) is 0 Å². The van der Waals surface area contributed by atoms with Crippen molar-refractivity contribution < 1.29 is 10.2 Å². The normalized spacial score (nSPS) is 14.5. The lowest BCUT2D eigenvalue weighted by atomic mass is 10.2.